The second-order valence-corrected chi connectivity index (χ2v) is 10.5. The Morgan fingerprint density at radius 1 is 1.15 bits per heavy atom. The lowest BCUT2D eigenvalue weighted by Gasteiger charge is -2.30. The van der Waals surface area contributed by atoms with Crippen LogP contribution in [0.25, 0.3) is 10.8 Å². The fourth-order valence-electron chi connectivity index (χ4n) is 4.28. The van der Waals surface area contributed by atoms with Gasteiger partial charge in [-0.25, -0.2) is 8.42 Å². The molecule has 2 aromatic carbocycles. The third-order valence-corrected chi connectivity index (χ3v) is 8.24. The van der Waals surface area contributed by atoms with Crippen LogP contribution in [0, 0.1) is 0 Å². The van der Waals surface area contributed by atoms with Gasteiger partial charge in [-0.05, 0) is 62.2 Å². The molecule has 184 valence electrons. The molecule has 0 bridgehead atoms. The number of halogens is 1. The highest BCUT2D eigenvalue weighted by molar-refractivity contribution is 7.89. The van der Waals surface area contributed by atoms with Crippen molar-refractivity contribution in [1.29, 1.82) is 0 Å². The first-order valence-electron chi connectivity index (χ1n) is 11.1. The third kappa shape index (κ3) is 5.03. The van der Waals surface area contributed by atoms with Crippen LogP contribution in [0.1, 0.15) is 27.2 Å². The molecule has 0 spiro atoms. The summed E-state index contributed by atoms with van der Waals surface area (Å²) in [6, 6.07) is 7.66. The lowest BCUT2D eigenvalue weighted by Crippen LogP contribution is -2.52. The zero-order chi connectivity index (χ0) is 25.2. The maximum Gasteiger partial charge on any atom is 0.245 e. The largest absolute Gasteiger partial charge is 0.369 e. The average Bonchev–Trinajstić information content (AvgIpc) is 3.17. The van der Waals surface area contributed by atoms with Crippen molar-refractivity contribution in [2.45, 2.75) is 44.2 Å². The van der Waals surface area contributed by atoms with Gasteiger partial charge in [-0.2, -0.15) is 4.31 Å². The van der Waals surface area contributed by atoms with Gasteiger partial charge in [0.1, 0.15) is 12.1 Å². The van der Waals surface area contributed by atoms with E-state index in [1.807, 2.05) is 13.8 Å². The van der Waals surface area contributed by atoms with Gasteiger partial charge in [0.05, 0.1) is 11.4 Å². The van der Waals surface area contributed by atoms with E-state index in [-0.39, 0.29) is 23.8 Å². The van der Waals surface area contributed by atoms with Crippen LogP contribution in [0.4, 0.5) is 0 Å². The minimum Gasteiger partial charge on any atom is -0.369 e. The van der Waals surface area contributed by atoms with E-state index in [4.69, 9.17) is 17.3 Å². The first-order chi connectivity index (χ1) is 16.0. The molecule has 1 fully saturated rings. The molecule has 2 N–H and O–H groups in total. The van der Waals surface area contributed by atoms with Crippen LogP contribution in [0.3, 0.4) is 0 Å². The molecule has 1 aliphatic rings. The van der Waals surface area contributed by atoms with Crippen LogP contribution in [-0.2, 0) is 24.4 Å². The number of benzene rings is 2. The molecular formula is C23H29ClN4O5S. The highest BCUT2D eigenvalue weighted by atomic mass is 35.5. The van der Waals surface area contributed by atoms with Crippen molar-refractivity contribution in [2.75, 3.05) is 26.2 Å². The summed E-state index contributed by atoms with van der Waals surface area (Å²) in [4.78, 5) is 40.8. The van der Waals surface area contributed by atoms with E-state index in [0.29, 0.717) is 23.5 Å². The van der Waals surface area contributed by atoms with Gasteiger partial charge in [0, 0.05) is 24.7 Å². The number of sulfonamides is 1. The minimum absolute atomic E-state index is 0.0675. The number of fused-ring (bicyclic) bond motifs is 1. The van der Waals surface area contributed by atoms with E-state index in [2.05, 4.69) is 0 Å². The average molecular weight is 509 g/mol. The minimum atomic E-state index is -4.25. The molecule has 0 saturated carbocycles. The molecular weight excluding hydrogens is 480 g/mol. The van der Waals surface area contributed by atoms with Gasteiger partial charge in [0.15, 0.2) is 0 Å². The number of hydrogen-bond donors (Lipinski definition) is 1. The second kappa shape index (κ2) is 10.3. The number of hydrogen-bond acceptors (Lipinski definition) is 5. The number of rotatable bonds is 9. The summed E-state index contributed by atoms with van der Waals surface area (Å²) in [6.07, 6.45) is 0.143. The third-order valence-electron chi connectivity index (χ3n) is 6.15. The van der Waals surface area contributed by atoms with Gasteiger partial charge in [0.2, 0.25) is 27.7 Å². The zero-order valence-corrected chi connectivity index (χ0v) is 21.0. The van der Waals surface area contributed by atoms with Crippen LogP contribution >= 0.6 is 11.6 Å². The molecule has 0 unspecified atom stereocenters. The predicted molar refractivity (Wildman–Crippen MR) is 130 cm³/mol. The summed E-state index contributed by atoms with van der Waals surface area (Å²) in [5.41, 5.74) is 5.36. The Bertz CT molecular complexity index is 1220. The molecule has 9 nitrogen and oxygen atoms in total. The molecule has 0 aromatic heterocycles. The van der Waals surface area contributed by atoms with E-state index in [1.54, 1.807) is 36.1 Å². The van der Waals surface area contributed by atoms with Crippen molar-refractivity contribution in [1.82, 2.24) is 14.1 Å². The lowest BCUT2D eigenvalue weighted by molar-refractivity contribution is -0.143. The normalized spacial score (nSPS) is 17.4. The molecule has 3 rings (SSSR count). The number of nitrogens with two attached hydrogens (primary N) is 1. The molecule has 0 aliphatic carbocycles. The summed E-state index contributed by atoms with van der Waals surface area (Å²) < 4.78 is 28.0. The van der Waals surface area contributed by atoms with Gasteiger partial charge in [0.25, 0.3) is 0 Å². The highest BCUT2D eigenvalue weighted by Gasteiger charge is 2.45. The van der Waals surface area contributed by atoms with Crippen molar-refractivity contribution in [2.24, 2.45) is 5.73 Å². The summed E-state index contributed by atoms with van der Waals surface area (Å²) >= 11 is 6.01. The van der Waals surface area contributed by atoms with Crippen molar-refractivity contribution in [3.63, 3.8) is 0 Å². The first kappa shape index (κ1) is 25.9. The maximum absolute atomic E-state index is 13.6. The van der Waals surface area contributed by atoms with Gasteiger partial charge < -0.3 is 15.5 Å². The Labute approximate surface area is 204 Å². The van der Waals surface area contributed by atoms with Crippen LogP contribution < -0.4 is 5.73 Å². The summed E-state index contributed by atoms with van der Waals surface area (Å²) in [7, 11) is -4.25. The van der Waals surface area contributed by atoms with Gasteiger partial charge >= 0.3 is 0 Å². The number of nitrogens with zero attached hydrogens (tertiary/aromatic N) is 3. The van der Waals surface area contributed by atoms with Crippen LogP contribution in [0.15, 0.2) is 41.3 Å². The standard InChI is InChI=1S/C23H29ClN4O5S/c1-4-26(5-2)22(30)15(3)27-11-10-20(23(27)31)28(14-21(25)29)34(32,33)19-9-7-16-12-18(24)8-6-17(16)13-19/h6-9,12-13,15,20H,4-5,10-11,14H2,1-3H3,(H2,25,29)/t15-,20-/m0/s1. The molecule has 1 aliphatic heterocycles. The van der Waals surface area contributed by atoms with Crippen molar-refractivity contribution in [3.8, 4) is 0 Å². The van der Waals surface area contributed by atoms with Crippen molar-refractivity contribution in [3.05, 3.63) is 41.4 Å². The number of likely N-dealkylation sites (N-methyl/N-ethyl adjacent to an activating group) is 1. The number of carbonyl (C=O) groups excluding carboxylic acids is 3. The fraction of sp³-hybridized carbons (Fsp3) is 0.435. The SMILES string of the molecule is CCN(CC)C(=O)[C@H](C)N1CC[C@H](N(CC(N)=O)S(=O)(=O)c2ccc3cc(Cl)ccc3c2)C1=O. The van der Waals surface area contributed by atoms with Crippen LogP contribution in [0.2, 0.25) is 5.02 Å². The Kier molecular flexibility index (Phi) is 7.84. The lowest BCUT2D eigenvalue weighted by atomic mass is 10.1. The van der Waals surface area contributed by atoms with E-state index >= 15 is 0 Å². The molecule has 3 amide bonds. The van der Waals surface area contributed by atoms with Crippen molar-refractivity contribution < 1.29 is 22.8 Å². The van der Waals surface area contributed by atoms with Gasteiger partial charge in [-0.1, -0.05) is 23.7 Å². The first-order valence-corrected chi connectivity index (χ1v) is 12.9. The quantitative estimate of drug-likeness (QED) is 0.554. The Morgan fingerprint density at radius 2 is 1.76 bits per heavy atom. The molecule has 1 saturated heterocycles. The second-order valence-electron chi connectivity index (χ2n) is 8.19. The zero-order valence-electron chi connectivity index (χ0n) is 19.4. The molecule has 1 heterocycles. The van der Waals surface area contributed by atoms with Gasteiger partial charge in [-0.3, -0.25) is 14.4 Å². The monoisotopic (exact) mass is 508 g/mol. The molecule has 0 radical (unpaired) electrons. The Balaban J connectivity index is 1.94. The van der Waals surface area contributed by atoms with Crippen molar-refractivity contribution >= 4 is 50.1 Å². The molecule has 2 atom stereocenters. The number of amides is 3. The molecule has 34 heavy (non-hydrogen) atoms. The number of carbonyl (C=O) groups is 3. The van der Waals surface area contributed by atoms with E-state index < -0.39 is 40.5 Å². The summed E-state index contributed by atoms with van der Waals surface area (Å²) in [5.74, 6) is -1.61. The fourth-order valence-corrected chi connectivity index (χ4v) is 6.07. The summed E-state index contributed by atoms with van der Waals surface area (Å²) in [5, 5.41) is 1.91. The highest BCUT2D eigenvalue weighted by Crippen LogP contribution is 2.29. The van der Waals surface area contributed by atoms with Gasteiger partial charge in [-0.15, -0.1) is 0 Å². The smallest absolute Gasteiger partial charge is 0.245 e. The number of primary amides is 1. The number of likely N-dealkylation sites (tertiary alicyclic amines) is 1. The Hall–Kier alpha value is -2.69. The summed E-state index contributed by atoms with van der Waals surface area (Å²) in [6.45, 7) is 5.87. The van der Waals surface area contributed by atoms with E-state index in [9.17, 15) is 22.8 Å². The van der Waals surface area contributed by atoms with Crippen LogP contribution in [0.5, 0.6) is 0 Å². The maximum atomic E-state index is 13.6. The van der Waals surface area contributed by atoms with Crippen LogP contribution in [-0.4, -0.2) is 78.5 Å². The van der Waals surface area contributed by atoms with E-state index in [1.165, 1.54) is 17.0 Å². The molecule has 11 heteroatoms. The van der Waals surface area contributed by atoms with E-state index in [0.717, 1.165) is 9.69 Å². The Morgan fingerprint density at radius 3 is 2.38 bits per heavy atom. The topological polar surface area (TPSA) is 121 Å². The molecule has 2 aromatic rings. The predicted octanol–water partition coefficient (Wildman–Crippen LogP) is 1.83.